The highest BCUT2D eigenvalue weighted by Crippen LogP contribution is 2.19. The predicted octanol–water partition coefficient (Wildman–Crippen LogP) is 1.42. The first-order valence-electron chi connectivity index (χ1n) is 5.42. The number of carbonyl (C=O) groups is 1. The summed E-state index contributed by atoms with van der Waals surface area (Å²) < 4.78 is 20.0. The third kappa shape index (κ3) is 3.48. The zero-order chi connectivity index (χ0) is 14.7. The van der Waals surface area contributed by atoms with Crippen LogP contribution in [-0.2, 0) is 11.8 Å². The van der Waals surface area contributed by atoms with Gasteiger partial charge in [0.1, 0.15) is 5.82 Å². The Morgan fingerprint density at radius 2 is 2.35 bits per heavy atom. The molecule has 1 amide bonds. The Hall–Kier alpha value is -1.61. The number of aromatic amines is 1. The Morgan fingerprint density at radius 1 is 1.60 bits per heavy atom. The number of benzene rings is 1. The zero-order valence-electron chi connectivity index (χ0n) is 10.3. The van der Waals surface area contributed by atoms with Gasteiger partial charge in [-0.25, -0.2) is 9.18 Å². The van der Waals surface area contributed by atoms with E-state index in [1.54, 1.807) is 13.1 Å². The minimum atomic E-state index is -0.555. The largest absolute Gasteiger partial charge is 0.441 e. The Morgan fingerprint density at radius 3 is 2.95 bits per heavy atom. The Kier molecular flexibility index (Phi) is 4.61. The number of nitrogens with one attached hydrogen (secondary N) is 2. The van der Waals surface area contributed by atoms with Gasteiger partial charge in [-0.15, -0.1) is 0 Å². The highest BCUT2D eigenvalue weighted by atomic mass is 79.9. The number of aryl methyl sites for hydroxylation is 1. The standard InChI is InChI=1S/C11H9BrFN3O3S/c1-16-10(11(18)19-15-16)20-5-9(17)14-8-3-2-6(12)4-7(8)13/h2-4H,5H2,1H3,(H-,14,15,17,18)/p+1. The fourth-order valence-electron chi connectivity index (χ4n) is 1.40. The van der Waals surface area contributed by atoms with E-state index in [0.717, 1.165) is 11.8 Å². The fraction of sp³-hybridized carbons (Fsp3) is 0.182. The number of aromatic nitrogens is 2. The molecule has 0 saturated heterocycles. The van der Waals surface area contributed by atoms with Gasteiger partial charge in [0.25, 0.3) is 0 Å². The van der Waals surface area contributed by atoms with Gasteiger partial charge in [-0.1, -0.05) is 20.6 Å². The van der Waals surface area contributed by atoms with E-state index in [1.807, 2.05) is 0 Å². The van der Waals surface area contributed by atoms with Crippen LogP contribution in [0.25, 0.3) is 0 Å². The van der Waals surface area contributed by atoms with Crippen molar-refractivity contribution in [2.75, 3.05) is 11.1 Å². The second kappa shape index (κ2) is 6.23. The molecule has 0 saturated carbocycles. The first-order chi connectivity index (χ1) is 9.47. The van der Waals surface area contributed by atoms with Crippen molar-refractivity contribution in [3.8, 4) is 0 Å². The summed E-state index contributed by atoms with van der Waals surface area (Å²) in [5, 5.41) is 5.03. The molecule has 0 fully saturated rings. The van der Waals surface area contributed by atoms with Crippen molar-refractivity contribution in [3.05, 3.63) is 38.9 Å². The SMILES string of the molecule is C[n+]1[nH]oc(=O)c1SCC(=O)Nc1ccc(Br)cc1F. The molecular weight excluding hydrogens is 353 g/mol. The monoisotopic (exact) mass is 362 g/mol. The van der Waals surface area contributed by atoms with E-state index in [2.05, 4.69) is 31.0 Å². The van der Waals surface area contributed by atoms with Gasteiger partial charge >= 0.3 is 10.7 Å². The van der Waals surface area contributed by atoms with Crippen LogP contribution in [0.4, 0.5) is 10.1 Å². The van der Waals surface area contributed by atoms with Crippen molar-refractivity contribution in [1.29, 1.82) is 0 Å². The van der Waals surface area contributed by atoms with Gasteiger partial charge in [-0.3, -0.25) is 9.32 Å². The zero-order valence-corrected chi connectivity index (χ0v) is 12.7. The van der Waals surface area contributed by atoms with Crippen molar-refractivity contribution in [2.45, 2.75) is 5.03 Å². The maximum atomic E-state index is 13.5. The van der Waals surface area contributed by atoms with Crippen molar-refractivity contribution < 1.29 is 18.4 Å². The van der Waals surface area contributed by atoms with E-state index in [1.165, 1.54) is 16.8 Å². The summed E-state index contributed by atoms with van der Waals surface area (Å²) in [6.45, 7) is 0. The van der Waals surface area contributed by atoms with Crippen LogP contribution in [0.1, 0.15) is 0 Å². The summed E-state index contributed by atoms with van der Waals surface area (Å²) in [7, 11) is 1.58. The van der Waals surface area contributed by atoms with Crippen molar-refractivity contribution in [2.24, 2.45) is 7.05 Å². The lowest BCUT2D eigenvalue weighted by Crippen LogP contribution is -2.34. The number of amides is 1. The molecule has 1 heterocycles. The maximum absolute atomic E-state index is 13.5. The number of halogens is 2. The predicted molar refractivity (Wildman–Crippen MR) is 74.0 cm³/mol. The minimum Gasteiger partial charge on any atom is -0.323 e. The average molecular weight is 363 g/mol. The van der Waals surface area contributed by atoms with Crippen molar-refractivity contribution >= 4 is 39.3 Å². The van der Waals surface area contributed by atoms with E-state index in [0.29, 0.717) is 4.47 Å². The molecule has 1 aromatic heterocycles. The Balaban J connectivity index is 1.98. The second-order valence-electron chi connectivity index (χ2n) is 3.81. The minimum absolute atomic E-state index is 0.0358. The molecule has 2 aromatic rings. The van der Waals surface area contributed by atoms with Crippen LogP contribution in [0, 0.1) is 5.82 Å². The van der Waals surface area contributed by atoms with Crippen LogP contribution in [0.3, 0.4) is 0 Å². The molecule has 0 radical (unpaired) electrons. The maximum Gasteiger partial charge on any atom is 0.441 e. The van der Waals surface area contributed by atoms with Gasteiger partial charge in [0.15, 0.2) is 7.05 Å². The number of rotatable bonds is 4. The van der Waals surface area contributed by atoms with Gasteiger partial charge in [0.05, 0.1) is 11.4 Å². The van der Waals surface area contributed by atoms with E-state index in [-0.39, 0.29) is 16.5 Å². The number of hydrogen-bond acceptors (Lipinski definition) is 4. The quantitative estimate of drug-likeness (QED) is 0.636. The number of nitrogens with zero attached hydrogens (tertiary/aromatic N) is 1. The summed E-state index contributed by atoms with van der Waals surface area (Å²) in [5.41, 5.74) is -0.468. The summed E-state index contributed by atoms with van der Waals surface area (Å²) in [6.07, 6.45) is 0. The fourth-order valence-corrected chi connectivity index (χ4v) is 2.46. The van der Waals surface area contributed by atoms with Crippen LogP contribution in [-0.4, -0.2) is 16.9 Å². The van der Waals surface area contributed by atoms with Gasteiger partial charge in [-0.05, 0) is 35.2 Å². The lowest BCUT2D eigenvalue weighted by atomic mass is 10.3. The normalized spacial score (nSPS) is 10.6. The molecule has 0 aliphatic heterocycles. The molecule has 2 N–H and O–H groups in total. The summed E-state index contributed by atoms with van der Waals surface area (Å²) in [4.78, 5) is 23.0. The first kappa shape index (κ1) is 14.8. The van der Waals surface area contributed by atoms with Gasteiger partial charge in [-0.2, -0.15) is 0 Å². The molecule has 106 valence electrons. The van der Waals surface area contributed by atoms with Crippen LogP contribution in [0.15, 0.2) is 37.0 Å². The molecule has 0 atom stereocenters. The third-order valence-electron chi connectivity index (χ3n) is 2.30. The van der Waals surface area contributed by atoms with Crippen LogP contribution < -0.4 is 15.6 Å². The molecule has 0 spiro atoms. The van der Waals surface area contributed by atoms with Gasteiger partial charge in [0, 0.05) is 4.47 Å². The Bertz CT molecular complexity index is 700. The molecule has 20 heavy (non-hydrogen) atoms. The number of thioether (sulfide) groups is 1. The van der Waals surface area contributed by atoms with Crippen LogP contribution in [0.5, 0.6) is 0 Å². The number of H-pyrrole nitrogens is 1. The smallest absolute Gasteiger partial charge is 0.323 e. The molecule has 6 nitrogen and oxygen atoms in total. The molecule has 0 unspecified atom stereocenters. The first-order valence-corrected chi connectivity index (χ1v) is 7.20. The molecule has 0 aliphatic carbocycles. The highest BCUT2D eigenvalue weighted by molar-refractivity contribution is 9.10. The molecule has 2 rings (SSSR count). The van der Waals surface area contributed by atoms with Crippen molar-refractivity contribution in [3.63, 3.8) is 0 Å². The van der Waals surface area contributed by atoms with E-state index in [9.17, 15) is 14.0 Å². The highest BCUT2D eigenvalue weighted by Gasteiger charge is 2.19. The summed E-state index contributed by atoms with van der Waals surface area (Å²) >= 11 is 4.13. The molecule has 9 heteroatoms. The van der Waals surface area contributed by atoms with E-state index < -0.39 is 17.3 Å². The second-order valence-corrected chi connectivity index (χ2v) is 5.69. The number of carbonyl (C=O) groups excluding carboxylic acids is 1. The molecule has 0 aliphatic rings. The lowest BCUT2D eigenvalue weighted by molar-refractivity contribution is -0.772. The molecule has 1 aromatic carbocycles. The van der Waals surface area contributed by atoms with E-state index >= 15 is 0 Å². The Labute approximate surface area is 125 Å². The van der Waals surface area contributed by atoms with Gasteiger partial charge < -0.3 is 5.32 Å². The van der Waals surface area contributed by atoms with E-state index in [4.69, 9.17) is 0 Å². The topological polar surface area (TPSA) is 79.0 Å². The summed E-state index contributed by atoms with van der Waals surface area (Å²) in [5.74, 6) is -0.993. The van der Waals surface area contributed by atoms with Gasteiger partial charge in [0.2, 0.25) is 5.91 Å². The van der Waals surface area contributed by atoms with Crippen LogP contribution >= 0.6 is 27.7 Å². The number of anilines is 1. The summed E-state index contributed by atoms with van der Waals surface area (Å²) in [6, 6.07) is 4.32. The molecular formula is C11H10BrFN3O3S+. The molecule has 0 bridgehead atoms. The van der Waals surface area contributed by atoms with Crippen LogP contribution in [0.2, 0.25) is 0 Å². The van der Waals surface area contributed by atoms with Crippen molar-refractivity contribution in [1.82, 2.24) is 5.27 Å². The third-order valence-corrected chi connectivity index (χ3v) is 3.91. The average Bonchev–Trinajstić information content (AvgIpc) is 2.70. The lowest BCUT2D eigenvalue weighted by Gasteiger charge is -2.05. The number of hydrogen-bond donors (Lipinski definition) is 2.